The van der Waals surface area contributed by atoms with Gasteiger partial charge in [-0.2, -0.15) is 0 Å². The van der Waals surface area contributed by atoms with Crippen LogP contribution in [-0.2, 0) is 0 Å². The van der Waals surface area contributed by atoms with E-state index < -0.39 is 6.36 Å². The van der Waals surface area contributed by atoms with Crippen LogP contribution in [0.1, 0.15) is 0 Å². The summed E-state index contributed by atoms with van der Waals surface area (Å²) in [4.78, 5) is 10.6. The molecule has 2 heterocycles. The number of hydrogen-bond acceptors (Lipinski definition) is 4. The van der Waals surface area contributed by atoms with Crippen molar-refractivity contribution in [2.24, 2.45) is 0 Å². The number of nitrogens with one attached hydrogen (secondary N) is 1. The van der Waals surface area contributed by atoms with Gasteiger partial charge >= 0.3 is 6.36 Å². The fourth-order valence-corrected chi connectivity index (χ4v) is 1.32. The molecule has 0 fully saturated rings. The van der Waals surface area contributed by atoms with Crippen LogP contribution < -0.4 is 4.74 Å². The maximum Gasteiger partial charge on any atom is 0.573 e. The molecule has 94 valence electrons. The van der Waals surface area contributed by atoms with Gasteiger partial charge in [0.25, 0.3) is 0 Å². The van der Waals surface area contributed by atoms with Crippen LogP contribution >= 0.6 is 12.2 Å². The molecule has 0 saturated heterocycles. The number of nitrogens with zero attached hydrogens (tertiary/aromatic N) is 2. The molecule has 0 saturated carbocycles. The van der Waals surface area contributed by atoms with Gasteiger partial charge in [-0.15, -0.1) is 13.2 Å². The number of halogens is 3. The zero-order chi connectivity index (χ0) is 13.2. The van der Waals surface area contributed by atoms with Gasteiger partial charge in [-0.05, 0) is 12.1 Å². The third-order valence-electron chi connectivity index (χ3n) is 1.90. The van der Waals surface area contributed by atoms with E-state index in [2.05, 4.69) is 19.7 Å². The van der Waals surface area contributed by atoms with E-state index in [0.29, 0.717) is 16.0 Å². The van der Waals surface area contributed by atoms with Gasteiger partial charge in [0.1, 0.15) is 16.1 Å². The average molecular weight is 273 g/mol. The number of alkyl halides is 3. The summed E-state index contributed by atoms with van der Waals surface area (Å²) in [6.07, 6.45) is -0.799. The Labute approximate surface area is 104 Å². The second-order valence-electron chi connectivity index (χ2n) is 3.22. The molecule has 0 aliphatic rings. The van der Waals surface area contributed by atoms with Crippen molar-refractivity contribution < 1.29 is 17.9 Å². The Balaban J connectivity index is 2.22. The highest BCUT2D eigenvalue weighted by atomic mass is 32.1. The third-order valence-corrected chi connectivity index (χ3v) is 2.13. The first kappa shape index (κ1) is 12.5. The summed E-state index contributed by atoms with van der Waals surface area (Å²) in [5, 5.41) is 0. The molecule has 0 atom stereocenters. The smallest absolute Gasteiger partial charge is 0.404 e. The summed E-state index contributed by atoms with van der Waals surface area (Å²) in [6.45, 7) is 0. The van der Waals surface area contributed by atoms with Crippen LogP contribution in [0.25, 0.3) is 11.4 Å². The van der Waals surface area contributed by atoms with Crippen LogP contribution in [0, 0.1) is 4.64 Å². The van der Waals surface area contributed by atoms with Crippen LogP contribution in [-0.4, -0.2) is 21.3 Å². The quantitative estimate of drug-likeness (QED) is 0.854. The van der Waals surface area contributed by atoms with E-state index in [1.54, 1.807) is 0 Å². The molecule has 0 aromatic carbocycles. The van der Waals surface area contributed by atoms with Gasteiger partial charge < -0.3 is 9.72 Å². The van der Waals surface area contributed by atoms with Gasteiger partial charge in [-0.1, -0.05) is 12.2 Å². The van der Waals surface area contributed by atoms with Gasteiger partial charge in [-0.25, -0.2) is 4.98 Å². The number of aromatic amines is 1. The lowest BCUT2D eigenvalue weighted by molar-refractivity contribution is -0.274. The molecule has 2 rings (SSSR count). The highest BCUT2D eigenvalue weighted by molar-refractivity contribution is 7.71. The molecule has 2 aromatic rings. The van der Waals surface area contributed by atoms with E-state index in [1.165, 1.54) is 24.5 Å². The zero-order valence-electron chi connectivity index (χ0n) is 8.73. The maximum absolute atomic E-state index is 11.9. The fourth-order valence-electron chi connectivity index (χ4n) is 1.21. The summed E-state index contributed by atoms with van der Waals surface area (Å²) < 4.78 is 39.9. The molecular formula is C10H6F3N3OS. The number of hydrogen-bond donors (Lipinski definition) is 1. The van der Waals surface area contributed by atoms with E-state index in [4.69, 9.17) is 12.2 Å². The average Bonchev–Trinajstić information content (AvgIpc) is 2.29. The van der Waals surface area contributed by atoms with Crippen LogP contribution in [0.15, 0.2) is 30.7 Å². The number of H-pyrrole nitrogens is 1. The summed E-state index contributed by atoms with van der Waals surface area (Å²) in [5.74, 6) is -0.380. The Hall–Kier alpha value is -1.96. The Morgan fingerprint density at radius 3 is 2.33 bits per heavy atom. The van der Waals surface area contributed by atoms with Crippen molar-refractivity contribution in [3.05, 3.63) is 35.4 Å². The molecule has 0 bridgehead atoms. The first-order chi connectivity index (χ1) is 8.44. The number of pyridine rings is 1. The van der Waals surface area contributed by atoms with Gasteiger partial charge in [-0.3, -0.25) is 4.98 Å². The van der Waals surface area contributed by atoms with Crippen molar-refractivity contribution in [1.29, 1.82) is 0 Å². The Morgan fingerprint density at radius 1 is 1.11 bits per heavy atom. The Morgan fingerprint density at radius 2 is 1.83 bits per heavy atom. The van der Waals surface area contributed by atoms with Crippen molar-refractivity contribution in [2.45, 2.75) is 6.36 Å². The summed E-state index contributed by atoms with van der Waals surface area (Å²) in [5.41, 5.74) is 0.887. The number of rotatable bonds is 2. The first-order valence-corrected chi connectivity index (χ1v) is 5.12. The van der Waals surface area contributed by atoms with Gasteiger partial charge in [0.2, 0.25) is 0 Å². The normalized spacial score (nSPS) is 11.3. The van der Waals surface area contributed by atoms with Crippen molar-refractivity contribution >= 4 is 12.2 Å². The highest BCUT2D eigenvalue weighted by Crippen LogP contribution is 2.23. The lowest BCUT2D eigenvalue weighted by Crippen LogP contribution is -2.17. The maximum atomic E-state index is 11.9. The first-order valence-electron chi connectivity index (χ1n) is 4.71. The molecule has 1 N–H and O–H groups in total. The largest absolute Gasteiger partial charge is 0.573 e. The summed E-state index contributed by atoms with van der Waals surface area (Å²) >= 11 is 4.82. The Kier molecular flexibility index (Phi) is 3.28. The lowest BCUT2D eigenvalue weighted by atomic mass is 10.3. The third kappa shape index (κ3) is 3.27. The topological polar surface area (TPSA) is 50.8 Å². The molecule has 0 radical (unpaired) electrons. The SMILES string of the molecule is FC(F)(F)Oc1ccc(-c2c[nH]c(=S)cn2)nc1. The molecule has 4 nitrogen and oxygen atoms in total. The number of ether oxygens (including phenoxy) is 1. The monoisotopic (exact) mass is 273 g/mol. The summed E-state index contributed by atoms with van der Waals surface area (Å²) in [6, 6.07) is 2.54. The molecule has 8 heteroatoms. The van der Waals surface area contributed by atoms with Crippen molar-refractivity contribution in [1.82, 2.24) is 15.0 Å². The minimum Gasteiger partial charge on any atom is -0.404 e. The molecule has 0 spiro atoms. The second-order valence-corrected chi connectivity index (χ2v) is 3.66. The molecule has 18 heavy (non-hydrogen) atoms. The molecule has 0 aliphatic heterocycles. The molecule has 0 amide bonds. The van der Waals surface area contributed by atoms with E-state index in [-0.39, 0.29) is 5.75 Å². The van der Waals surface area contributed by atoms with Crippen LogP contribution in [0.5, 0.6) is 5.75 Å². The van der Waals surface area contributed by atoms with Crippen LogP contribution in [0.4, 0.5) is 13.2 Å². The van der Waals surface area contributed by atoms with E-state index >= 15 is 0 Å². The Bertz CT molecular complexity index is 574. The van der Waals surface area contributed by atoms with Crippen molar-refractivity contribution in [3.63, 3.8) is 0 Å². The predicted molar refractivity (Wildman–Crippen MR) is 59.3 cm³/mol. The standard InChI is InChI=1S/C10H6F3N3OS/c11-10(12,13)17-6-1-2-7(14-3-6)8-4-16-9(18)5-15-8/h1-5H,(H,16,18). The molecule has 0 aliphatic carbocycles. The van der Waals surface area contributed by atoms with Crippen LogP contribution in [0.2, 0.25) is 0 Å². The predicted octanol–water partition coefficient (Wildman–Crippen LogP) is 3.10. The minimum atomic E-state index is -4.72. The van der Waals surface area contributed by atoms with Crippen molar-refractivity contribution in [3.8, 4) is 17.1 Å². The van der Waals surface area contributed by atoms with Gasteiger partial charge in [0, 0.05) is 6.20 Å². The fraction of sp³-hybridized carbons (Fsp3) is 0.100. The highest BCUT2D eigenvalue weighted by Gasteiger charge is 2.31. The van der Waals surface area contributed by atoms with Gasteiger partial charge in [0.05, 0.1) is 18.1 Å². The van der Waals surface area contributed by atoms with Gasteiger partial charge in [0.15, 0.2) is 0 Å². The molecular weight excluding hydrogens is 267 g/mol. The number of aromatic nitrogens is 3. The minimum absolute atomic E-state index is 0.380. The molecule has 0 unspecified atom stereocenters. The molecule has 2 aromatic heterocycles. The summed E-state index contributed by atoms with van der Waals surface area (Å²) in [7, 11) is 0. The van der Waals surface area contributed by atoms with E-state index in [9.17, 15) is 13.2 Å². The second kappa shape index (κ2) is 4.73. The van der Waals surface area contributed by atoms with Crippen LogP contribution in [0.3, 0.4) is 0 Å². The van der Waals surface area contributed by atoms with E-state index in [1.807, 2.05) is 0 Å². The van der Waals surface area contributed by atoms with E-state index in [0.717, 1.165) is 6.20 Å². The zero-order valence-corrected chi connectivity index (χ0v) is 9.55. The van der Waals surface area contributed by atoms with Crippen molar-refractivity contribution in [2.75, 3.05) is 0 Å². The lowest BCUT2D eigenvalue weighted by Gasteiger charge is -2.08.